The summed E-state index contributed by atoms with van der Waals surface area (Å²) < 4.78 is 1.62. The quantitative estimate of drug-likeness (QED) is 0.316. The molecule has 0 radical (unpaired) electrons. The minimum absolute atomic E-state index is 0.135. The van der Waals surface area contributed by atoms with Crippen molar-refractivity contribution >= 4 is 11.4 Å². The minimum Gasteiger partial charge on any atom is -0.311 e. The average Bonchev–Trinajstić information content (AvgIpc) is 2.44. The first-order chi connectivity index (χ1) is 10.9. The fraction of sp³-hybridized carbons (Fsp3) is 0.667. The number of benzene rings is 1. The summed E-state index contributed by atoms with van der Waals surface area (Å²) in [5.41, 5.74) is 1.18. The van der Waals surface area contributed by atoms with Gasteiger partial charge in [0, 0.05) is 30.7 Å². The van der Waals surface area contributed by atoms with Gasteiger partial charge in [0.1, 0.15) is 0 Å². The van der Waals surface area contributed by atoms with Crippen molar-refractivity contribution in [1.29, 1.82) is 0 Å². The molecule has 0 amide bonds. The molecule has 0 saturated carbocycles. The van der Waals surface area contributed by atoms with Crippen molar-refractivity contribution < 1.29 is 13.9 Å². The smallest absolute Gasteiger partial charge is 0.269 e. The lowest BCUT2D eigenvalue weighted by molar-refractivity contribution is -0.918. The van der Waals surface area contributed by atoms with Crippen LogP contribution in [0.5, 0.6) is 0 Å². The first kappa shape index (κ1) is 20.4. The lowest BCUT2D eigenvalue weighted by atomic mass is 10.1. The normalized spacial score (nSPS) is 15.0. The van der Waals surface area contributed by atoms with Crippen LogP contribution in [0.3, 0.4) is 0 Å². The van der Waals surface area contributed by atoms with Crippen LogP contribution in [0.2, 0.25) is 0 Å². The molecule has 0 N–H and O–H groups in total. The Hall–Kier alpha value is -1.66. The van der Waals surface area contributed by atoms with Crippen LogP contribution in [0.1, 0.15) is 26.7 Å². The fourth-order valence-electron chi connectivity index (χ4n) is 3.52. The molecule has 2 unspecified atom stereocenters. The van der Waals surface area contributed by atoms with E-state index in [1.54, 1.807) is 12.1 Å². The minimum atomic E-state index is -0.345. The second-order valence-corrected chi connectivity index (χ2v) is 8.19. The van der Waals surface area contributed by atoms with E-state index in [-0.39, 0.29) is 22.9 Å². The largest absolute Gasteiger partial charge is 0.311 e. The molecule has 6 heteroatoms. The maximum absolute atomic E-state index is 11.0. The first-order valence-corrected chi connectivity index (χ1v) is 8.58. The molecule has 1 rings (SSSR count). The van der Waals surface area contributed by atoms with Crippen molar-refractivity contribution in [2.75, 3.05) is 47.2 Å². The predicted octanol–water partition coefficient (Wildman–Crippen LogP) is 3.29. The molecule has 136 valence electrons. The van der Waals surface area contributed by atoms with Gasteiger partial charge in [0.15, 0.2) is 12.3 Å². The van der Waals surface area contributed by atoms with Crippen LogP contribution in [0.15, 0.2) is 24.3 Å². The molecule has 24 heavy (non-hydrogen) atoms. The average molecular weight is 338 g/mol. The van der Waals surface area contributed by atoms with Crippen molar-refractivity contribution in [3.8, 4) is 0 Å². The number of anilines is 1. The van der Waals surface area contributed by atoms with Crippen molar-refractivity contribution in [1.82, 2.24) is 0 Å². The number of hydrogen-bond donors (Lipinski definition) is 0. The zero-order valence-corrected chi connectivity index (χ0v) is 16.5. The Balaban J connectivity index is 3.44. The van der Waals surface area contributed by atoms with Gasteiger partial charge in [-0.25, -0.2) is 0 Å². The molecule has 0 bridgehead atoms. The van der Waals surface area contributed by atoms with Gasteiger partial charge in [0.2, 0.25) is 0 Å². The van der Waals surface area contributed by atoms with Gasteiger partial charge in [-0.2, -0.15) is 0 Å². The summed E-state index contributed by atoms with van der Waals surface area (Å²) in [5.74, 6) is 0. The van der Waals surface area contributed by atoms with Crippen LogP contribution in [0.4, 0.5) is 11.4 Å². The van der Waals surface area contributed by atoms with Gasteiger partial charge in [0.25, 0.3) is 5.69 Å². The molecule has 0 saturated heterocycles. The molecule has 0 fully saturated rings. The number of nitro benzene ring substituents is 1. The highest BCUT2D eigenvalue weighted by molar-refractivity contribution is 5.51. The van der Waals surface area contributed by atoms with Gasteiger partial charge in [-0.3, -0.25) is 15.0 Å². The van der Waals surface area contributed by atoms with E-state index in [9.17, 15) is 10.1 Å². The van der Waals surface area contributed by atoms with Crippen molar-refractivity contribution in [2.45, 2.75) is 39.0 Å². The Morgan fingerprint density at radius 1 is 0.917 bits per heavy atom. The van der Waals surface area contributed by atoms with Crippen LogP contribution in [0.25, 0.3) is 0 Å². The fourth-order valence-corrected chi connectivity index (χ4v) is 3.52. The molecule has 2 atom stereocenters. The number of rotatable bonds is 8. The Bertz CT molecular complexity index is 522. The molecule has 0 aliphatic carbocycles. The summed E-state index contributed by atoms with van der Waals surface area (Å²) >= 11 is 0. The molecule has 0 aromatic heterocycles. The Labute approximate surface area is 146 Å². The first-order valence-electron chi connectivity index (χ1n) is 8.58. The second kappa shape index (κ2) is 7.49. The van der Waals surface area contributed by atoms with E-state index in [2.05, 4.69) is 61.0 Å². The predicted molar refractivity (Wildman–Crippen MR) is 99.8 cm³/mol. The summed E-state index contributed by atoms with van der Waals surface area (Å²) in [4.78, 5) is 13.1. The van der Waals surface area contributed by atoms with E-state index in [1.807, 2.05) is 12.1 Å². The van der Waals surface area contributed by atoms with Gasteiger partial charge < -0.3 is 8.97 Å². The Kier molecular flexibility index (Phi) is 6.36. The van der Waals surface area contributed by atoms with E-state index < -0.39 is 0 Å². The van der Waals surface area contributed by atoms with Gasteiger partial charge in [-0.1, -0.05) is 13.8 Å². The zero-order valence-electron chi connectivity index (χ0n) is 16.5. The Morgan fingerprint density at radius 2 is 1.29 bits per heavy atom. The maximum atomic E-state index is 11.0. The molecule has 1 aromatic carbocycles. The molecule has 1 aromatic rings. The number of nitrogens with zero attached hydrogens (tertiary/aromatic N) is 4. The van der Waals surface area contributed by atoms with Crippen molar-refractivity contribution in [2.24, 2.45) is 0 Å². The highest BCUT2D eigenvalue weighted by atomic mass is 16.6. The van der Waals surface area contributed by atoms with Crippen LogP contribution in [-0.4, -0.2) is 68.5 Å². The molecule has 0 spiro atoms. The maximum Gasteiger partial charge on any atom is 0.269 e. The van der Waals surface area contributed by atoms with E-state index in [1.165, 1.54) is 0 Å². The van der Waals surface area contributed by atoms with Gasteiger partial charge in [-0.15, -0.1) is 0 Å². The summed E-state index contributed by atoms with van der Waals surface area (Å²) in [5, 5.41) is 11.0. The van der Waals surface area contributed by atoms with E-state index in [0.29, 0.717) is 0 Å². The lowest BCUT2D eigenvalue weighted by Crippen LogP contribution is -2.64. The van der Waals surface area contributed by atoms with E-state index in [4.69, 9.17) is 0 Å². The molecule has 0 aliphatic heterocycles. The topological polar surface area (TPSA) is 46.4 Å². The summed E-state index contributed by atoms with van der Waals surface area (Å²) in [6, 6.07) is 6.98. The van der Waals surface area contributed by atoms with E-state index >= 15 is 0 Å². The zero-order chi connectivity index (χ0) is 18.7. The van der Waals surface area contributed by atoms with Crippen LogP contribution >= 0.6 is 0 Å². The SMILES string of the molecule is CCC(N(c1ccc([N+](=O)[O-])cc1)C(CC)[N+](C)(C)C)[N+](C)(C)C. The third-order valence-electron chi connectivity index (χ3n) is 4.52. The van der Waals surface area contributed by atoms with Crippen LogP contribution in [0, 0.1) is 10.1 Å². The van der Waals surface area contributed by atoms with Crippen molar-refractivity contribution in [3.05, 3.63) is 34.4 Å². The van der Waals surface area contributed by atoms with Gasteiger partial charge >= 0.3 is 0 Å². The summed E-state index contributed by atoms with van der Waals surface area (Å²) in [6.07, 6.45) is 2.57. The third kappa shape index (κ3) is 4.68. The van der Waals surface area contributed by atoms with E-state index in [0.717, 1.165) is 27.5 Å². The summed E-state index contributed by atoms with van der Waals surface area (Å²) in [7, 11) is 13.2. The van der Waals surface area contributed by atoms with Gasteiger partial charge in [0.05, 0.1) is 47.2 Å². The van der Waals surface area contributed by atoms with Crippen LogP contribution in [-0.2, 0) is 0 Å². The highest BCUT2D eigenvalue weighted by Gasteiger charge is 2.39. The monoisotopic (exact) mass is 338 g/mol. The second-order valence-electron chi connectivity index (χ2n) is 8.19. The molecular weight excluding hydrogens is 304 g/mol. The summed E-state index contributed by atoms with van der Waals surface area (Å²) in [6.45, 7) is 4.41. The molecule has 0 heterocycles. The molecule has 0 aliphatic rings. The highest BCUT2D eigenvalue weighted by Crippen LogP contribution is 2.30. The lowest BCUT2D eigenvalue weighted by Gasteiger charge is -2.49. The van der Waals surface area contributed by atoms with Crippen LogP contribution < -0.4 is 4.90 Å². The van der Waals surface area contributed by atoms with Crippen molar-refractivity contribution in [3.63, 3.8) is 0 Å². The Morgan fingerprint density at radius 3 is 1.54 bits per heavy atom. The number of nitro groups is 1. The molecule has 6 nitrogen and oxygen atoms in total. The number of non-ortho nitro benzene ring substituents is 1. The molecular formula is C18H34N4O2+2. The number of hydrogen-bond acceptors (Lipinski definition) is 3. The third-order valence-corrected chi connectivity index (χ3v) is 4.52. The number of quaternary nitrogens is 2. The van der Waals surface area contributed by atoms with Gasteiger partial charge in [-0.05, 0) is 12.1 Å². The standard InChI is InChI=1S/C18H34N4O2/c1-9-17(21(3,4)5)19(18(10-2)22(6,7)8)15-11-13-16(14-12-15)20(23)24/h11-14,17-18H,9-10H2,1-8H3/q+2.